The Labute approximate surface area is 204 Å². The predicted octanol–water partition coefficient (Wildman–Crippen LogP) is 3.12. The molecule has 0 radical (unpaired) electrons. The summed E-state index contributed by atoms with van der Waals surface area (Å²) in [5.74, 6) is -3.12. The number of hydrogen-bond donors (Lipinski definition) is 3. The molecular weight excluding hydrogens is 470 g/mol. The van der Waals surface area contributed by atoms with Gasteiger partial charge in [0.05, 0.1) is 11.3 Å². The third-order valence-electron chi connectivity index (χ3n) is 6.45. The van der Waals surface area contributed by atoms with Gasteiger partial charge in [-0.3, -0.25) is 4.79 Å². The van der Waals surface area contributed by atoms with Gasteiger partial charge in [0, 0.05) is 19.1 Å². The van der Waals surface area contributed by atoms with E-state index in [0.29, 0.717) is 23.4 Å². The summed E-state index contributed by atoms with van der Waals surface area (Å²) in [5, 5.41) is 19.7. The second kappa shape index (κ2) is 9.42. The predicted molar refractivity (Wildman–Crippen MR) is 124 cm³/mol. The molecule has 5 rings (SSSR count). The fraction of sp³-hybridized carbons (Fsp3) is 0.240. The monoisotopic (exact) mass is 492 g/mol. The largest absolute Gasteiger partial charge is 0.478 e. The van der Waals surface area contributed by atoms with E-state index >= 15 is 0 Å². The lowest BCUT2D eigenvalue weighted by Gasteiger charge is -2.16. The number of amides is 1. The number of halogens is 2. The van der Waals surface area contributed by atoms with Gasteiger partial charge in [-0.25, -0.2) is 23.1 Å². The highest BCUT2D eigenvalue weighted by atomic mass is 19.2. The van der Waals surface area contributed by atoms with Gasteiger partial charge in [-0.05, 0) is 66.3 Å². The normalized spacial score (nSPS) is 14.7. The summed E-state index contributed by atoms with van der Waals surface area (Å²) in [6.45, 7) is 2.19. The number of rotatable bonds is 7. The molecule has 11 heteroatoms. The van der Waals surface area contributed by atoms with Crippen molar-refractivity contribution in [2.24, 2.45) is 0 Å². The molecule has 0 aliphatic heterocycles. The smallest absolute Gasteiger partial charge is 0.335 e. The first-order valence-electron chi connectivity index (χ1n) is 11.3. The van der Waals surface area contributed by atoms with Crippen LogP contribution in [0.2, 0.25) is 0 Å². The summed E-state index contributed by atoms with van der Waals surface area (Å²) in [7, 11) is 0. The van der Waals surface area contributed by atoms with Gasteiger partial charge in [0.1, 0.15) is 12.0 Å². The van der Waals surface area contributed by atoms with E-state index in [1.165, 1.54) is 16.9 Å². The van der Waals surface area contributed by atoms with Crippen molar-refractivity contribution >= 4 is 17.7 Å². The molecule has 36 heavy (non-hydrogen) atoms. The van der Waals surface area contributed by atoms with Crippen LogP contribution in [-0.4, -0.2) is 36.6 Å². The van der Waals surface area contributed by atoms with Crippen molar-refractivity contribution in [1.82, 2.24) is 30.2 Å². The maximum Gasteiger partial charge on any atom is 0.335 e. The highest BCUT2D eigenvalue weighted by molar-refractivity contribution is 5.92. The number of nitrogens with one attached hydrogen (secondary N) is 2. The minimum atomic E-state index is -0.985. The van der Waals surface area contributed by atoms with Crippen molar-refractivity contribution in [3.8, 4) is 0 Å². The molecule has 2 aromatic carbocycles. The number of nitrogens with zero attached hydrogens (tertiary/aromatic N) is 4. The molecule has 1 atom stereocenters. The average molecular weight is 492 g/mol. The number of benzene rings is 2. The maximum absolute atomic E-state index is 13.5. The van der Waals surface area contributed by atoms with Crippen LogP contribution >= 0.6 is 0 Å². The lowest BCUT2D eigenvalue weighted by Crippen LogP contribution is -2.26. The van der Waals surface area contributed by atoms with Crippen molar-refractivity contribution in [2.45, 2.75) is 38.9 Å². The molecule has 1 amide bonds. The first-order valence-corrected chi connectivity index (χ1v) is 11.3. The van der Waals surface area contributed by atoms with Gasteiger partial charge in [0.25, 0.3) is 11.7 Å². The summed E-state index contributed by atoms with van der Waals surface area (Å²) >= 11 is 0. The average Bonchev–Trinajstić information content (AvgIpc) is 3.50. The first kappa shape index (κ1) is 23.5. The minimum absolute atomic E-state index is 0.000290. The lowest BCUT2D eigenvalue weighted by atomic mass is 9.98. The molecule has 0 saturated carbocycles. The quantitative estimate of drug-likeness (QED) is 0.362. The van der Waals surface area contributed by atoms with Gasteiger partial charge in [-0.1, -0.05) is 12.1 Å². The number of carboxylic acid groups (broad SMARTS) is 1. The Morgan fingerprint density at radius 2 is 1.97 bits per heavy atom. The van der Waals surface area contributed by atoms with Crippen LogP contribution in [0.5, 0.6) is 0 Å². The van der Waals surface area contributed by atoms with E-state index in [-0.39, 0.29) is 24.1 Å². The fourth-order valence-electron chi connectivity index (χ4n) is 4.59. The fourth-order valence-corrected chi connectivity index (χ4v) is 4.59. The summed E-state index contributed by atoms with van der Waals surface area (Å²) in [6, 6.07) is 8.53. The van der Waals surface area contributed by atoms with Crippen LogP contribution < -0.4 is 10.6 Å². The zero-order valence-corrected chi connectivity index (χ0v) is 19.3. The van der Waals surface area contributed by atoms with Crippen molar-refractivity contribution in [3.63, 3.8) is 0 Å². The molecule has 0 fully saturated rings. The van der Waals surface area contributed by atoms with Crippen molar-refractivity contribution in [3.05, 3.63) is 93.6 Å². The van der Waals surface area contributed by atoms with Gasteiger partial charge >= 0.3 is 5.97 Å². The molecule has 2 aromatic heterocycles. The molecule has 1 aliphatic carbocycles. The van der Waals surface area contributed by atoms with Crippen LogP contribution in [0.25, 0.3) is 5.78 Å². The Kier molecular flexibility index (Phi) is 6.15. The lowest BCUT2D eigenvalue weighted by molar-refractivity contribution is 0.0695. The van der Waals surface area contributed by atoms with E-state index in [0.717, 1.165) is 41.7 Å². The topological polar surface area (TPSA) is 122 Å². The van der Waals surface area contributed by atoms with Gasteiger partial charge < -0.3 is 15.7 Å². The van der Waals surface area contributed by atoms with Gasteiger partial charge in [-0.15, -0.1) is 0 Å². The van der Waals surface area contributed by atoms with Crippen molar-refractivity contribution in [2.75, 3.05) is 0 Å². The van der Waals surface area contributed by atoms with Crippen molar-refractivity contribution < 1.29 is 23.5 Å². The van der Waals surface area contributed by atoms with E-state index in [1.54, 1.807) is 12.1 Å². The number of aromatic carboxylic acids is 1. The number of aromatic nitrogens is 4. The van der Waals surface area contributed by atoms with Crippen LogP contribution in [0.1, 0.15) is 61.3 Å². The van der Waals surface area contributed by atoms with Gasteiger partial charge in [0.15, 0.2) is 11.6 Å². The number of hydrogen-bond acceptors (Lipinski definition) is 6. The number of carbonyl (C=O) groups excluding carboxylic acids is 1. The Morgan fingerprint density at radius 3 is 2.75 bits per heavy atom. The van der Waals surface area contributed by atoms with Gasteiger partial charge in [0.2, 0.25) is 0 Å². The van der Waals surface area contributed by atoms with Gasteiger partial charge in [-0.2, -0.15) is 10.1 Å². The molecule has 1 aliphatic rings. The molecule has 0 unspecified atom stereocenters. The zero-order chi connectivity index (χ0) is 25.4. The second-order valence-corrected chi connectivity index (χ2v) is 8.62. The number of carbonyl (C=O) groups is 2. The highest BCUT2D eigenvalue weighted by Crippen LogP contribution is 2.34. The van der Waals surface area contributed by atoms with Crippen LogP contribution in [0.4, 0.5) is 8.78 Å². The maximum atomic E-state index is 13.5. The molecule has 0 spiro atoms. The summed E-state index contributed by atoms with van der Waals surface area (Å²) in [6.07, 6.45) is 2.93. The van der Waals surface area contributed by atoms with E-state index in [2.05, 4.69) is 25.7 Å². The van der Waals surface area contributed by atoms with Crippen LogP contribution in [0.3, 0.4) is 0 Å². The van der Waals surface area contributed by atoms with E-state index in [9.17, 15) is 23.5 Å². The Morgan fingerprint density at radius 1 is 1.14 bits per heavy atom. The summed E-state index contributed by atoms with van der Waals surface area (Å²) in [4.78, 5) is 32.6. The second-order valence-electron chi connectivity index (χ2n) is 8.62. The Hall–Kier alpha value is -4.25. The third kappa shape index (κ3) is 4.40. The van der Waals surface area contributed by atoms with E-state index < -0.39 is 23.5 Å². The molecular formula is C25H22F2N6O3. The first-order chi connectivity index (χ1) is 17.3. The molecule has 0 bridgehead atoms. The third-order valence-corrected chi connectivity index (χ3v) is 6.45. The highest BCUT2D eigenvalue weighted by Gasteiger charge is 2.26. The van der Waals surface area contributed by atoms with Crippen LogP contribution in [0.15, 0.2) is 42.7 Å². The van der Waals surface area contributed by atoms with Crippen molar-refractivity contribution in [1.29, 1.82) is 0 Å². The molecule has 3 N–H and O–H groups in total. The summed E-state index contributed by atoms with van der Waals surface area (Å²) in [5.41, 5.74) is 4.38. The molecule has 2 heterocycles. The molecule has 184 valence electrons. The summed E-state index contributed by atoms with van der Waals surface area (Å²) < 4.78 is 28.1. The van der Waals surface area contributed by atoms with E-state index in [4.69, 9.17) is 0 Å². The standard InChI is InChI=1S/C25H22F2N6O3/c1-13-16-5-7-21(18(16)4-3-17(13)24(35)36)28-11-15-9-22(32-25-30-12-31-33(15)25)23(34)29-10-14-2-6-19(26)20(27)8-14/h2-4,6,8-9,12,21,28H,5,7,10-11H2,1H3,(H,29,34)(H,35,36)/t21-/m0/s1. The molecule has 4 aromatic rings. The Bertz CT molecular complexity index is 1500. The van der Waals surface area contributed by atoms with E-state index in [1.807, 2.05) is 13.0 Å². The SMILES string of the molecule is Cc1c(C(=O)O)ccc2c1CC[C@@H]2NCc1cc(C(=O)NCc2ccc(F)c(F)c2)nc2ncnn12. The minimum Gasteiger partial charge on any atom is -0.478 e. The van der Waals surface area contributed by atoms with Crippen LogP contribution in [-0.2, 0) is 19.5 Å². The zero-order valence-electron chi connectivity index (χ0n) is 19.3. The van der Waals surface area contributed by atoms with Crippen LogP contribution in [0, 0.1) is 18.6 Å². The Balaban J connectivity index is 1.33. The number of carboxylic acids is 1. The molecule has 0 saturated heterocycles. The molecule has 9 nitrogen and oxygen atoms in total. The number of fused-ring (bicyclic) bond motifs is 2.